The van der Waals surface area contributed by atoms with E-state index in [0.717, 1.165) is 18.4 Å². The lowest BCUT2D eigenvalue weighted by molar-refractivity contribution is -0.140. The number of carboxylic acid groups (broad SMARTS) is 1. The summed E-state index contributed by atoms with van der Waals surface area (Å²) in [6, 6.07) is 0. The van der Waals surface area contributed by atoms with Crippen LogP contribution in [-0.4, -0.2) is 11.1 Å². The summed E-state index contributed by atoms with van der Waals surface area (Å²) in [5, 5.41) is 9.13. The van der Waals surface area contributed by atoms with Crippen LogP contribution in [0.1, 0.15) is 40.5 Å². The van der Waals surface area contributed by atoms with Gasteiger partial charge in [0.1, 0.15) is 0 Å². The molecule has 0 spiro atoms. The quantitative estimate of drug-likeness (QED) is 0.755. The smallest absolute Gasteiger partial charge is 0.310 e. The zero-order valence-corrected chi connectivity index (χ0v) is 10.0. The van der Waals surface area contributed by atoms with Gasteiger partial charge in [0.15, 0.2) is 0 Å². The van der Waals surface area contributed by atoms with E-state index in [9.17, 15) is 4.79 Å². The van der Waals surface area contributed by atoms with Crippen molar-refractivity contribution in [1.29, 1.82) is 0 Å². The third kappa shape index (κ3) is 2.71. The summed E-state index contributed by atoms with van der Waals surface area (Å²) in [5.74, 6) is -0.628. The van der Waals surface area contributed by atoms with Crippen LogP contribution in [0.4, 0.5) is 0 Å². The average molecular weight is 208 g/mol. The highest BCUT2D eigenvalue weighted by molar-refractivity contribution is 5.74. The van der Waals surface area contributed by atoms with Crippen molar-refractivity contribution >= 4 is 5.97 Å². The average Bonchev–Trinajstić information content (AvgIpc) is 2.16. The maximum atomic E-state index is 11.1. The van der Waals surface area contributed by atoms with Crippen molar-refractivity contribution in [3.63, 3.8) is 0 Å². The van der Waals surface area contributed by atoms with Crippen molar-refractivity contribution in [3.05, 3.63) is 22.8 Å². The fourth-order valence-electron chi connectivity index (χ4n) is 2.07. The second kappa shape index (κ2) is 4.65. The van der Waals surface area contributed by atoms with Gasteiger partial charge in [0, 0.05) is 0 Å². The van der Waals surface area contributed by atoms with Crippen LogP contribution >= 0.6 is 0 Å². The minimum atomic E-state index is -0.678. The highest BCUT2D eigenvalue weighted by atomic mass is 16.4. The lowest BCUT2D eigenvalue weighted by Crippen LogP contribution is -2.22. The molecule has 0 amide bonds. The second-order valence-electron chi connectivity index (χ2n) is 4.75. The SMILES string of the molecule is CC(C)=C1C=C(C(C)C)C(C(=O)O)CC1. The van der Waals surface area contributed by atoms with Gasteiger partial charge in [0.05, 0.1) is 5.92 Å². The Kier molecular flexibility index (Phi) is 3.72. The van der Waals surface area contributed by atoms with E-state index >= 15 is 0 Å². The molecule has 1 N–H and O–H groups in total. The molecule has 0 bridgehead atoms. The highest BCUT2D eigenvalue weighted by Crippen LogP contribution is 2.33. The molecule has 0 aliphatic heterocycles. The van der Waals surface area contributed by atoms with Crippen molar-refractivity contribution in [3.8, 4) is 0 Å². The van der Waals surface area contributed by atoms with Gasteiger partial charge < -0.3 is 5.11 Å². The molecule has 1 rings (SSSR count). The Balaban J connectivity index is 3.07. The number of rotatable bonds is 2. The fraction of sp³-hybridized carbons (Fsp3) is 0.615. The fourth-order valence-corrected chi connectivity index (χ4v) is 2.07. The zero-order valence-electron chi connectivity index (χ0n) is 10.0. The van der Waals surface area contributed by atoms with E-state index in [-0.39, 0.29) is 5.92 Å². The lowest BCUT2D eigenvalue weighted by Gasteiger charge is -2.25. The molecule has 84 valence electrons. The van der Waals surface area contributed by atoms with Crippen LogP contribution < -0.4 is 0 Å². The molecule has 15 heavy (non-hydrogen) atoms. The minimum Gasteiger partial charge on any atom is -0.481 e. The van der Waals surface area contributed by atoms with Gasteiger partial charge in [-0.2, -0.15) is 0 Å². The summed E-state index contributed by atoms with van der Waals surface area (Å²) in [5.41, 5.74) is 3.69. The third-order valence-corrected chi connectivity index (χ3v) is 3.05. The maximum absolute atomic E-state index is 11.1. The Morgan fingerprint density at radius 1 is 1.47 bits per heavy atom. The summed E-state index contributed by atoms with van der Waals surface area (Å²) in [4.78, 5) is 11.1. The molecule has 1 atom stereocenters. The van der Waals surface area contributed by atoms with Crippen LogP contribution in [0.5, 0.6) is 0 Å². The zero-order chi connectivity index (χ0) is 11.6. The van der Waals surface area contributed by atoms with Gasteiger partial charge in [-0.15, -0.1) is 0 Å². The van der Waals surface area contributed by atoms with E-state index in [1.165, 1.54) is 11.1 Å². The van der Waals surface area contributed by atoms with E-state index in [2.05, 4.69) is 33.8 Å². The Morgan fingerprint density at radius 3 is 2.47 bits per heavy atom. The van der Waals surface area contributed by atoms with Gasteiger partial charge in [0.25, 0.3) is 0 Å². The van der Waals surface area contributed by atoms with E-state index in [1.54, 1.807) is 0 Å². The normalized spacial score (nSPS) is 21.5. The van der Waals surface area contributed by atoms with Crippen molar-refractivity contribution in [2.45, 2.75) is 40.5 Å². The first kappa shape index (κ1) is 12.0. The number of hydrogen-bond acceptors (Lipinski definition) is 1. The van der Waals surface area contributed by atoms with E-state index in [1.807, 2.05) is 0 Å². The molecule has 1 aliphatic carbocycles. The van der Waals surface area contributed by atoms with Crippen LogP contribution in [0, 0.1) is 11.8 Å². The lowest BCUT2D eigenvalue weighted by atomic mass is 9.79. The topological polar surface area (TPSA) is 37.3 Å². The van der Waals surface area contributed by atoms with Crippen molar-refractivity contribution in [2.75, 3.05) is 0 Å². The first-order valence-corrected chi connectivity index (χ1v) is 5.54. The third-order valence-electron chi connectivity index (χ3n) is 3.05. The van der Waals surface area contributed by atoms with Crippen LogP contribution in [0.15, 0.2) is 22.8 Å². The van der Waals surface area contributed by atoms with E-state index in [0.29, 0.717) is 5.92 Å². The second-order valence-corrected chi connectivity index (χ2v) is 4.75. The molecule has 0 saturated carbocycles. The molecule has 0 aromatic rings. The molecule has 1 aliphatic rings. The molecular weight excluding hydrogens is 188 g/mol. The number of carboxylic acids is 1. The van der Waals surface area contributed by atoms with Gasteiger partial charge in [-0.1, -0.05) is 31.1 Å². The van der Waals surface area contributed by atoms with Crippen LogP contribution in [0.25, 0.3) is 0 Å². The Hall–Kier alpha value is -1.05. The van der Waals surface area contributed by atoms with E-state index < -0.39 is 5.97 Å². The molecule has 0 fully saturated rings. The molecular formula is C13H20O2. The molecule has 1 unspecified atom stereocenters. The minimum absolute atomic E-state index is 0.270. The first-order valence-electron chi connectivity index (χ1n) is 5.54. The van der Waals surface area contributed by atoms with Crippen molar-refractivity contribution in [2.24, 2.45) is 11.8 Å². The van der Waals surface area contributed by atoms with Gasteiger partial charge >= 0.3 is 5.97 Å². The summed E-state index contributed by atoms with van der Waals surface area (Å²) < 4.78 is 0. The molecule has 0 saturated heterocycles. The summed E-state index contributed by atoms with van der Waals surface area (Å²) in [7, 11) is 0. The Labute approximate surface area is 91.7 Å². The van der Waals surface area contributed by atoms with Gasteiger partial charge in [-0.25, -0.2) is 0 Å². The van der Waals surface area contributed by atoms with Gasteiger partial charge in [-0.05, 0) is 38.2 Å². The number of aliphatic carboxylic acids is 1. The summed E-state index contributed by atoms with van der Waals surface area (Å²) in [6.07, 6.45) is 3.75. The first-order chi connectivity index (χ1) is 6.93. The van der Waals surface area contributed by atoms with Crippen molar-refractivity contribution < 1.29 is 9.90 Å². The molecule has 2 nitrogen and oxygen atoms in total. The molecule has 0 heterocycles. The number of carbonyl (C=O) groups is 1. The standard InChI is InChI=1S/C13H20O2/c1-8(2)10-5-6-11(13(14)15)12(7-10)9(3)4/h7,9,11H,5-6H2,1-4H3,(H,14,15). The molecule has 0 radical (unpaired) electrons. The van der Waals surface area contributed by atoms with Crippen LogP contribution in [-0.2, 0) is 4.79 Å². The predicted octanol–water partition coefficient (Wildman–Crippen LogP) is 3.40. The Bertz CT molecular complexity index is 317. The van der Waals surface area contributed by atoms with Crippen molar-refractivity contribution in [1.82, 2.24) is 0 Å². The largest absolute Gasteiger partial charge is 0.481 e. The predicted molar refractivity (Wildman–Crippen MR) is 61.7 cm³/mol. The molecule has 0 aromatic heterocycles. The summed E-state index contributed by atoms with van der Waals surface area (Å²) >= 11 is 0. The van der Waals surface area contributed by atoms with E-state index in [4.69, 9.17) is 5.11 Å². The van der Waals surface area contributed by atoms with Gasteiger partial charge in [-0.3, -0.25) is 4.79 Å². The Morgan fingerprint density at radius 2 is 2.07 bits per heavy atom. The molecule has 2 heteroatoms. The number of allylic oxidation sites excluding steroid dienone is 3. The molecule has 0 aromatic carbocycles. The highest BCUT2D eigenvalue weighted by Gasteiger charge is 2.27. The summed E-state index contributed by atoms with van der Waals surface area (Å²) in [6.45, 7) is 8.31. The monoisotopic (exact) mass is 208 g/mol. The maximum Gasteiger partial charge on any atom is 0.310 e. The van der Waals surface area contributed by atoms with Crippen LogP contribution in [0.2, 0.25) is 0 Å². The number of hydrogen-bond donors (Lipinski definition) is 1. The van der Waals surface area contributed by atoms with Crippen LogP contribution in [0.3, 0.4) is 0 Å². The van der Waals surface area contributed by atoms with Gasteiger partial charge in [0.2, 0.25) is 0 Å².